The molecule has 37 heavy (non-hydrogen) atoms. The zero-order valence-corrected chi connectivity index (χ0v) is 26.0. The zero-order valence-electron chi connectivity index (χ0n) is 20.8. The van der Waals surface area contributed by atoms with Crippen LogP contribution in [-0.2, 0) is 9.53 Å². The second-order valence-corrected chi connectivity index (χ2v) is 11.4. The molecule has 0 N–H and O–H groups in total. The number of nitrogens with zero attached hydrogens (tertiary/aromatic N) is 2. The number of halogens is 2. The average molecular weight is 744 g/mol. The fourth-order valence-electron chi connectivity index (χ4n) is 4.12. The van der Waals surface area contributed by atoms with Crippen LogP contribution in [0.1, 0.15) is 44.9 Å². The molecule has 7 nitrogen and oxygen atoms in total. The summed E-state index contributed by atoms with van der Waals surface area (Å²) >= 11 is 5.80. The molecule has 1 aliphatic heterocycles. The van der Waals surface area contributed by atoms with Crippen molar-refractivity contribution in [2.75, 3.05) is 19.8 Å². The van der Waals surface area contributed by atoms with Crippen molar-refractivity contribution in [2.24, 2.45) is 4.99 Å². The number of benzene rings is 2. The highest BCUT2D eigenvalue weighted by Crippen LogP contribution is 2.32. The van der Waals surface area contributed by atoms with E-state index in [1.54, 1.807) is 18.4 Å². The molecule has 0 radical (unpaired) electrons. The second kappa shape index (κ2) is 12.1. The van der Waals surface area contributed by atoms with Crippen LogP contribution in [0.2, 0.25) is 0 Å². The molecule has 1 atom stereocenters. The predicted octanol–water partition coefficient (Wildman–Crippen LogP) is 4.80. The number of carbonyl (C=O) groups excluding carboxylic acids is 1. The fourth-order valence-corrected chi connectivity index (χ4v) is 7.29. The van der Waals surface area contributed by atoms with Gasteiger partial charge < -0.3 is 14.2 Å². The summed E-state index contributed by atoms with van der Waals surface area (Å²) in [7, 11) is 0. The lowest BCUT2D eigenvalue weighted by Crippen LogP contribution is -2.39. The predicted molar refractivity (Wildman–Crippen MR) is 161 cm³/mol. The molecule has 194 valence electrons. The van der Waals surface area contributed by atoms with Gasteiger partial charge in [0.05, 0.1) is 48.8 Å². The van der Waals surface area contributed by atoms with E-state index in [0.717, 1.165) is 29.8 Å². The fraction of sp³-hybridized carbons (Fsp3) is 0.296. The molecule has 1 aliphatic rings. The van der Waals surface area contributed by atoms with Crippen LogP contribution in [0, 0.1) is 7.14 Å². The average Bonchev–Trinajstić information content (AvgIpc) is 3.15. The number of rotatable bonds is 8. The molecular formula is C27H26I2N2O5S. The smallest absolute Gasteiger partial charge is 0.338 e. The molecule has 2 heterocycles. The van der Waals surface area contributed by atoms with Gasteiger partial charge in [0.1, 0.15) is 11.5 Å². The van der Waals surface area contributed by atoms with Gasteiger partial charge in [-0.25, -0.2) is 9.79 Å². The van der Waals surface area contributed by atoms with Crippen LogP contribution >= 0.6 is 56.5 Å². The van der Waals surface area contributed by atoms with Gasteiger partial charge in [0, 0.05) is 0 Å². The minimum Gasteiger partial charge on any atom is -0.494 e. The highest BCUT2D eigenvalue weighted by molar-refractivity contribution is 14.1. The molecule has 0 spiro atoms. The van der Waals surface area contributed by atoms with Gasteiger partial charge in [-0.05, 0) is 114 Å². The SMILES string of the molecule is CCOC(=O)C1=C(C)N=c2s/c(=C\c3cc(I)c(OCC)c(I)c3)c(=O)n2[C@@H]1c1ccc(OCC)cc1. The molecule has 4 rings (SSSR count). The molecule has 3 aromatic rings. The van der Waals surface area contributed by atoms with Crippen molar-refractivity contribution in [2.45, 2.75) is 33.7 Å². The molecule has 0 saturated carbocycles. The van der Waals surface area contributed by atoms with Crippen LogP contribution in [0.5, 0.6) is 11.5 Å². The van der Waals surface area contributed by atoms with Crippen molar-refractivity contribution < 1.29 is 19.0 Å². The van der Waals surface area contributed by atoms with Gasteiger partial charge in [-0.2, -0.15) is 0 Å². The number of hydrogen-bond acceptors (Lipinski definition) is 7. The topological polar surface area (TPSA) is 79.1 Å². The van der Waals surface area contributed by atoms with E-state index in [1.807, 2.05) is 56.3 Å². The van der Waals surface area contributed by atoms with Crippen LogP contribution in [0.15, 0.2) is 57.5 Å². The maximum absolute atomic E-state index is 13.8. The minimum absolute atomic E-state index is 0.212. The summed E-state index contributed by atoms with van der Waals surface area (Å²) in [5.74, 6) is 1.08. The van der Waals surface area contributed by atoms with Crippen molar-refractivity contribution in [3.63, 3.8) is 0 Å². The summed E-state index contributed by atoms with van der Waals surface area (Å²) in [6.45, 7) is 8.77. The molecule has 0 bridgehead atoms. The first kappa shape index (κ1) is 27.8. The minimum atomic E-state index is -0.659. The largest absolute Gasteiger partial charge is 0.494 e. The first-order valence-corrected chi connectivity index (χ1v) is 14.8. The summed E-state index contributed by atoms with van der Waals surface area (Å²) in [6, 6.07) is 10.8. The van der Waals surface area contributed by atoms with Crippen LogP contribution in [-0.4, -0.2) is 30.4 Å². The normalized spacial score (nSPS) is 15.3. The van der Waals surface area contributed by atoms with E-state index in [0.29, 0.717) is 33.8 Å². The Morgan fingerprint density at radius 1 is 1.05 bits per heavy atom. The third kappa shape index (κ3) is 5.80. The maximum Gasteiger partial charge on any atom is 0.338 e. The van der Waals surface area contributed by atoms with Gasteiger partial charge >= 0.3 is 5.97 Å². The molecule has 2 aromatic carbocycles. The maximum atomic E-state index is 13.8. The van der Waals surface area contributed by atoms with Gasteiger partial charge in [-0.1, -0.05) is 23.5 Å². The number of allylic oxidation sites excluding steroid dienone is 1. The van der Waals surface area contributed by atoms with Crippen molar-refractivity contribution in [1.29, 1.82) is 0 Å². The van der Waals surface area contributed by atoms with Crippen LogP contribution < -0.4 is 24.4 Å². The van der Waals surface area contributed by atoms with E-state index >= 15 is 0 Å². The Kier molecular flexibility index (Phi) is 9.11. The Hall–Kier alpha value is -2.19. The first-order valence-electron chi connectivity index (χ1n) is 11.8. The number of thiazole rings is 1. The van der Waals surface area contributed by atoms with Crippen LogP contribution in [0.3, 0.4) is 0 Å². The Morgan fingerprint density at radius 3 is 2.30 bits per heavy atom. The summed E-state index contributed by atoms with van der Waals surface area (Å²) in [5.41, 5.74) is 2.35. The quantitative estimate of drug-likeness (QED) is 0.245. The highest BCUT2D eigenvalue weighted by atomic mass is 127. The van der Waals surface area contributed by atoms with Gasteiger partial charge in [-0.3, -0.25) is 9.36 Å². The first-order chi connectivity index (χ1) is 17.8. The third-order valence-electron chi connectivity index (χ3n) is 5.63. The van der Waals surface area contributed by atoms with E-state index in [2.05, 4.69) is 50.2 Å². The number of ether oxygens (including phenoxy) is 3. The lowest BCUT2D eigenvalue weighted by Gasteiger charge is -2.24. The lowest BCUT2D eigenvalue weighted by molar-refractivity contribution is -0.139. The second-order valence-electron chi connectivity index (χ2n) is 8.05. The zero-order chi connectivity index (χ0) is 26.7. The van der Waals surface area contributed by atoms with Gasteiger partial charge in [-0.15, -0.1) is 0 Å². The summed E-state index contributed by atoms with van der Waals surface area (Å²) < 4.78 is 20.8. The van der Waals surface area contributed by atoms with E-state index < -0.39 is 12.0 Å². The van der Waals surface area contributed by atoms with E-state index in [9.17, 15) is 9.59 Å². The molecule has 0 amide bonds. The molecule has 1 aromatic heterocycles. The van der Waals surface area contributed by atoms with E-state index in [4.69, 9.17) is 14.2 Å². The molecule has 0 aliphatic carbocycles. The Labute approximate surface area is 246 Å². The monoisotopic (exact) mass is 744 g/mol. The number of esters is 1. The van der Waals surface area contributed by atoms with Crippen molar-refractivity contribution in [3.8, 4) is 11.5 Å². The van der Waals surface area contributed by atoms with Gasteiger partial charge in [0.25, 0.3) is 5.56 Å². The molecular weight excluding hydrogens is 718 g/mol. The highest BCUT2D eigenvalue weighted by Gasteiger charge is 2.33. The molecule has 0 fully saturated rings. The third-order valence-corrected chi connectivity index (χ3v) is 8.22. The van der Waals surface area contributed by atoms with E-state index in [-0.39, 0.29) is 12.2 Å². The number of carbonyl (C=O) groups is 1. The van der Waals surface area contributed by atoms with Crippen LogP contribution in [0.4, 0.5) is 0 Å². The van der Waals surface area contributed by atoms with Gasteiger partial charge in [0.2, 0.25) is 0 Å². The molecule has 10 heteroatoms. The van der Waals surface area contributed by atoms with Crippen molar-refractivity contribution in [3.05, 3.63) is 85.6 Å². The van der Waals surface area contributed by atoms with Crippen molar-refractivity contribution >= 4 is 68.6 Å². The molecule has 0 saturated heterocycles. The number of fused-ring (bicyclic) bond motifs is 1. The molecule has 0 unspecified atom stereocenters. The van der Waals surface area contributed by atoms with Crippen molar-refractivity contribution in [1.82, 2.24) is 4.57 Å². The standard InChI is InChI=1S/C27H26I2N2O5S/c1-5-34-18-10-8-17(9-11-18)23-22(26(33)36-7-3)15(4)30-27-31(23)25(32)21(37-27)14-16-12-19(28)24(35-6-2)20(29)13-16/h8-14,23H,5-7H2,1-4H3/b21-14-/t23-/m1/s1. The van der Waals surface area contributed by atoms with Crippen LogP contribution in [0.25, 0.3) is 6.08 Å². The Bertz CT molecular complexity index is 1520. The Balaban J connectivity index is 1.89. The van der Waals surface area contributed by atoms with E-state index in [1.165, 1.54) is 11.3 Å². The number of hydrogen-bond donors (Lipinski definition) is 0. The summed E-state index contributed by atoms with van der Waals surface area (Å²) in [6.07, 6.45) is 1.86. The lowest BCUT2D eigenvalue weighted by atomic mass is 9.96. The number of aromatic nitrogens is 1. The Morgan fingerprint density at radius 2 is 1.70 bits per heavy atom. The summed E-state index contributed by atoms with van der Waals surface area (Å²) in [4.78, 5) is 32.0. The van der Waals surface area contributed by atoms with Gasteiger partial charge in [0.15, 0.2) is 4.80 Å². The summed E-state index contributed by atoms with van der Waals surface area (Å²) in [5, 5.41) is 0.